The number of sulfone groups is 1. The fraction of sp³-hybridized carbons (Fsp3) is 0.583. The molecular formula is C12H17F2N5O2S. The van der Waals surface area contributed by atoms with E-state index in [4.69, 9.17) is 0 Å². The highest BCUT2D eigenvalue weighted by molar-refractivity contribution is 7.89. The van der Waals surface area contributed by atoms with Gasteiger partial charge in [-0.1, -0.05) is 19.1 Å². The van der Waals surface area contributed by atoms with Gasteiger partial charge < -0.3 is 0 Å². The number of aromatic nitrogens is 5. The summed E-state index contributed by atoms with van der Waals surface area (Å²) in [5.74, 6) is -0.735. The van der Waals surface area contributed by atoms with Crippen LogP contribution in [0.5, 0.6) is 0 Å². The Morgan fingerprint density at radius 3 is 2.55 bits per heavy atom. The van der Waals surface area contributed by atoms with Crippen LogP contribution in [0.15, 0.2) is 6.07 Å². The molecule has 2 heterocycles. The molecule has 0 amide bonds. The maximum absolute atomic E-state index is 12.9. The summed E-state index contributed by atoms with van der Waals surface area (Å²) < 4.78 is 51.0. The Hall–Kier alpha value is -1.84. The summed E-state index contributed by atoms with van der Waals surface area (Å²) in [6, 6.07) is 1.66. The lowest BCUT2D eigenvalue weighted by molar-refractivity contribution is 0.140. The maximum atomic E-state index is 12.9. The second kappa shape index (κ2) is 6.11. The molecule has 0 unspecified atom stereocenters. The minimum atomic E-state index is -3.66. The van der Waals surface area contributed by atoms with Crippen molar-refractivity contribution in [2.45, 2.75) is 37.7 Å². The largest absolute Gasteiger partial charge is 0.281 e. The lowest BCUT2D eigenvalue weighted by Crippen LogP contribution is -2.11. The van der Waals surface area contributed by atoms with Gasteiger partial charge >= 0.3 is 0 Å². The van der Waals surface area contributed by atoms with E-state index >= 15 is 0 Å². The number of alkyl halides is 2. The summed E-state index contributed by atoms with van der Waals surface area (Å²) in [4.78, 5) is 0. The smallest absolute Gasteiger partial charge is 0.281 e. The molecule has 122 valence electrons. The van der Waals surface area contributed by atoms with Gasteiger partial charge in [0.2, 0.25) is 0 Å². The summed E-state index contributed by atoms with van der Waals surface area (Å²) in [5, 5.41) is 13.7. The predicted octanol–water partition coefficient (Wildman–Crippen LogP) is 1.71. The van der Waals surface area contributed by atoms with Crippen molar-refractivity contribution in [2.75, 3.05) is 0 Å². The summed E-state index contributed by atoms with van der Waals surface area (Å²) in [7, 11) is -2.36. The van der Waals surface area contributed by atoms with Crippen molar-refractivity contribution >= 4 is 9.84 Å². The van der Waals surface area contributed by atoms with E-state index in [0.29, 0.717) is 5.69 Å². The number of hydrogen-bond acceptors (Lipinski definition) is 5. The maximum Gasteiger partial charge on any atom is 0.281 e. The highest BCUT2D eigenvalue weighted by Crippen LogP contribution is 2.23. The number of aryl methyl sites for hydroxylation is 1. The van der Waals surface area contributed by atoms with Gasteiger partial charge in [0.05, 0.1) is 22.9 Å². The first-order chi connectivity index (χ1) is 10.2. The van der Waals surface area contributed by atoms with Gasteiger partial charge in [-0.15, -0.1) is 5.10 Å². The molecule has 0 bridgehead atoms. The molecule has 0 aliphatic carbocycles. The van der Waals surface area contributed by atoms with Crippen LogP contribution in [0.3, 0.4) is 0 Å². The molecule has 0 aliphatic heterocycles. The minimum absolute atomic E-state index is 0.165. The standard InChI is InChI=1S/C12H17F2N5O2S/c1-7(2)9-4-8(15-16-9)5-22(20,21)6-10-11(12(13)14)19(3)18-17-10/h4,7,12H,5-6H2,1-3H3,(H,15,16). The van der Waals surface area contributed by atoms with Crippen molar-refractivity contribution < 1.29 is 17.2 Å². The summed E-state index contributed by atoms with van der Waals surface area (Å²) in [6.07, 6.45) is -2.83. The van der Waals surface area contributed by atoms with E-state index in [-0.39, 0.29) is 17.4 Å². The first-order valence-corrected chi connectivity index (χ1v) is 8.43. The molecule has 2 aromatic heterocycles. The van der Waals surface area contributed by atoms with Crippen LogP contribution < -0.4 is 0 Å². The van der Waals surface area contributed by atoms with Crippen molar-refractivity contribution in [1.82, 2.24) is 25.2 Å². The fourth-order valence-corrected chi connectivity index (χ4v) is 3.37. The number of hydrogen-bond donors (Lipinski definition) is 1. The van der Waals surface area contributed by atoms with E-state index in [1.165, 1.54) is 7.05 Å². The zero-order valence-corrected chi connectivity index (χ0v) is 13.2. The molecule has 2 aromatic rings. The van der Waals surface area contributed by atoms with Gasteiger partial charge in [-0.2, -0.15) is 5.10 Å². The van der Waals surface area contributed by atoms with Gasteiger partial charge in [-0.3, -0.25) is 5.10 Å². The van der Waals surface area contributed by atoms with Crippen LogP contribution in [0.25, 0.3) is 0 Å². The van der Waals surface area contributed by atoms with Crippen molar-refractivity contribution in [2.24, 2.45) is 7.05 Å². The lowest BCUT2D eigenvalue weighted by atomic mass is 10.1. The van der Waals surface area contributed by atoms with Crippen molar-refractivity contribution in [3.63, 3.8) is 0 Å². The molecule has 0 fully saturated rings. The lowest BCUT2D eigenvalue weighted by Gasteiger charge is -2.04. The molecule has 0 atom stereocenters. The number of nitrogens with zero attached hydrogens (tertiary/aromatic N) is 4. The molecule has 0 aliphatic rings. The predicted molar refractivity (Wildman–Crippen MR) is 75.0 cm³/mol. The average molecular weight is 333 g/mol. The Morgan fingerprint density at radius 1 is 1.32 bits per heavy atom. The van der Waals surface area contributed by atoms with E-state index in [0.717, 1.165) is 10.4 Å². The second-order valence-corrected chi connectivity index (χ2v) is 7.42. The monoisotopic (exact) mass is 333 g/mol. The summed E-state index contributed by atoms with van der Waals surface area (Å²) in [6.45, 7) is 3.87. The second-order valence-electron chi connectivity index (χ2n) is 5.35. The Balaban J connectivity index is 2.17. The number of rotatable bonds is 6. The first kappa shape index (κ1) is 16.5. The number of H-pyrrole nitrogens is 1. The molecule has 0 aromatic carbocycles. The molecular weight excluding hydrogens is 316 g/mol. The van der Waals surface area contributed by atoms with Crippen molar-refractivity contribution in [3.8, 4) is 0 Å². The van der Waals surface area contributed by atoms with Crippen LogP contribution in [0.1, 0.15) is 49.0 Å². The highest BCUT2D eigenvalue weighted by atomic mass is 32.2. The van der Waals surface area contributed by atoms with Crippen LogP contribution in [0.4, 0.5) is 8.78 Å². The summed E-state index contributed by atoms with van der Waals surface area (Å²) in [5.41, 5.74) is 0.473. The normalized spacial score (nSPS) is 12.5. The van der Waals surface area contributed by atoms with E-state index in [2.05, 4.69) is 20.5 Å². The summed E-state index contributed by atoms with van der Waals surface area (Å²) >= 11 is 0. The molecule has 2 rings (SSSR count). The third-order valence-electron chi connectivity index (χ3n) is 3.12. The zero-order chi connectivity index (χ0) is 16.5. The van der Waals surface area contributed by atoms with E-state index in [1.807, 2.05) is 13.8 Å². The quantitative estimate of drug-likeness (QED) is 0.868. The van der Waals surface area contributed by atoms with E-state index in [1.54, 1.807) is 6.07 Å². The molecule has 7 nitrogen and oxygen atoms in total. The molecule has 0 saturated carbocycles. The third-order valence-corrected chi connectivity index (χ3v) is 4.59. The van der Waals surface area contributed by atoms with E-state index in [9.17, 15) is 17.2 Å². The van der Waals surface area contributed by atoms with Crippen LogP contribution in [-0.4, -0.2) is 33.6 Å². The Morgan fingerprint density at radius 2 is 2.00 bits per heavy atom. The van der Waals surface area contributed by atoms with Gasteiger partial charge in [0.1, 0.15) is 11.4 Å². The molecule has 0 spiro atoms. The first-order valence-electron chi connectivity index (χ1n) is 6.61. The van der Waals surface area contributed by atoms with E-state index < -0.39 is 27.7 Å². The van der Waals surface area contributed by atoms with Crippen LogP contribution in [0.2, 0.25) is 0 Å². The number of aromatic amines is 1. The Bertz CT molecular complexity index is 751. The Kier molecular flexibility index (Phi) is 4.59. The molecule has 10 heteroatoms. The highest BCUT2D eigenvalue weighted by Gasteiger charge is 2.25. The van der Waals surface area contributed by atoms with Gasteiger partial charge in [0.15, 0.2) is 9.84 Å². The fourth-order valence-electron chi connectivity index (χ4n) is 2.02. The van der Waals surface area contributed by atoms with Gasteiger partial charge in [0, 0.05) is 7.05 Å². The molecule has 1 N–H and O–H groups in total. The molecule has 0 radical (unpaired) electrons. The minimum Gasteiger partial charge on any atom is -0.281 e. The Labute approximate surface area is 126 Å². The molecule has 0 saturated heterocycles. The van der Waals surface area contributed by atoms with Crippen LogP contribution >= 0.6 is 0 Å². The number of halogens is 2. The van der Waals surface area contributed by atoms with Crippen molar-refractivity contribution in [1.29, 1.82) is 0 Å². The SMILES string of the molecule is CC(C)c1cc(CS(=O)(=O)Cc2nnn(C)c2C(F)F)[nH]n1. The average Bonchev–Trinajstić information content (AvgIpc) is 2.95. The number of nitrogens with one attached hydrogen (secondary N) is 1. The van der Waals surface area contributed by atoms with Crippen LogP contribution in [-0.2, 0) is 28.4 Å². The van der Waals surface area contributed by atoms with Gasteiger partial charge in [0.25, 0.3) is 6.43 Å². The molecule has 22 heavy (non-hydrogen) atoms. The zero-order valence-electron chi connectivity index (χ0n) is 12.4. The third kappa shape index (κ3) is 3.67. The van der Waals surface area contributed by atoms with Crippen LogP contribution in [0, 0.1) is 0 Å². The topological polar surface area (TPSA) is 93.5 Å². The van der Waals surface area contributed by atoms with Gasteiger partial charge in [-0.25, -0.2) is 21.9 Å². The van der Waals surface area contributed by atoms with Gasteiger partial charge in [-0.05, 0) is 12.0 Å². The van der Waals surface area contributed by atoms with Crippen molar-refractivity contribution in [3.05, 3.63) is 28.8 Å².